The van der Waals surface area contributed by atoms with E-state index in [0.29, 0.717) is 17.8 Å². The third-order valence-corrected chi connectivity index (χ3v) is 4.74. The van der Waals surface area contributed by atoms with Gasteiger partial charge >= 0.3 is 0 Å². The fraction of sp³-hybridized carbons (Fsp3) is 0.300. The summed E-state index contributed by atoms with van der Waals surface area (Å²) in [4.78, 5) is 0.397. The number of hydrogen-bond acceptors (Lipinski definition) is 4. The van der Waals surface area contributed by atoms with Crippen LogP contribution in [0.1, 0.15) is 18.2 Å². The van der Waals surface area contributed by atoms with E-state index < -0.39 is 10.0 Å². The number of nitrogens with one attached hydrogen (secondary N) is 1. The first kappa shape index (κ1) is 12.9. The van der Waals surface area contributed by atoms with E-state index in [-0.39, 0.29) is 4.21 Å². The van der Waals surface area contributed by atoms with Gasteiger partial charge in [-0.2, -0.15) is 5.26 Å². The Morgan fingerprint density at radius 3 is 2.88 bits per heavy atom. The fourth-order valence-corrected chi connectivity index (χ4v) is 3.23. The molecule has 1 rings (SSSR count). The molecule has 1 heterocycles. The molecule has 0 amide bonds. The highest BCUT2D eigenvalue weighted by Crippen LogP contribution is 2.20. The molecule has 0 spiro atoms. The summed E-state index contributed by atoms with van der Waals surface area (Å²) in [6, 6.07) is 4.86. The minimum Gasteiger partial charge on any atom is -0.210 e. The molecular formula is C10H12N2O2S2. The molecule has 0 fully saturated rings. The molecule has 0 saturated carbocycles. The smallest absolute Gasteiger partial charge is 0.210 e. The summed E-state index contributed by atoms with van der Waals surface area (Å²) < 4.78 is 26.0. The first-order valence-electron chi connectivity index (χ1n) is 4.71. The SMILES string of the molecule is C/C=C/CCNS(=O)(=O)c1ccc(C#N)s1. The van der Waals surface area contributed by atoms with Crippen LogP contribution in [0.15, 0.2) is 28.5 Å². The van der Waals surface area contributed by atoms with Crippen molar-refractivity contribution in [3.8, 4) is 6.07 Å². The molecule has 1 aromatic rings. The molecule has 0 aromatic carbocycles. The van der Waals surface area contributed by atoms with E-state index in [4.69, 9.17) is 5.26 Å². The first-order valence-corrected chi connectivity index (χ1v) is 7.01. The maximum Gasteiger partial charge on any atom is 0.250 e. The summed E-state index contributed by atoms with van der Waals surface area (Å²) in [6.45, 7) is 2.25. The van der Waals surface area contributed by atoms with Crippen molar-refractivity contribution in [3.63, 3.8) is 0 Å². The van der Waals surface area contributed by atoms with Crippen LogP contribution in [0, 0.1) is 11.3 Å². The average molecular weight is 256 g/mol. The van der Waals surface area contributed by atoms with Crippen molar-refractivity contribution in [2.75, 3.05) is 6.54 Å². The van der Waals surface area contributed by atoms with E-state index in [1.54, 1.807) is 0 Å². The van der Waals surface area contributed by atoms with Crippen molar-refractivity contribution in [2.24, 2.45) is 0 Å². The molecule has 6 heteroatoms. The van der Waals surface area contributed by atoms with Crippen LogP contribution >= 0.6 is 11.3 Å². The molecule has 0 saturated heterocycles. The first-order chi connectivity index (χ1) is 7.60. The van der Waals surface area contributed by atoms with E-state index in [9.17, 15) is 8.42 Å². The van der Waals surface area contributed by atoms with Crippen molar-refractivity contribution < 1.29 is 8.42 Å². The topological polar surface area (TPSA) is 70.0 Å². The number of allylic oxidation sites excluding steroid dienone is 1. The number of thiophene rings is 1. The van der Waals surface area contributed by atoms with Crippen molar-refractivity contribution in [1.82, 2.24) is 4.72 Å². The lowest BCUT2D eigenvalue weighted by atomic mass is 10.4. The molecule has 0 aliphatic rings. The molecule has 4 nitrogen and oxygen atoms in total. The summed E-state index contributed by atoms with van der Waals surface area (Å²) >= 11 is 0.974. The van der Waals surface area contributed by atoms with E-state index in [2.05, 4.69) is 4.72 Å². The zero-order valence-electron chi connectivity index (χ0n) is 8.80. The Morgan fingerprint density at radius 2 is 2.31 bits per heavy atom. The third-order valence-electron chi connectivity index (χ3n) is 1.80. The quantitative estimate of drug-likeness (QED) is 0.645. The predicted molar refractivity (Wildman–Crippen MR) is 63.7 cm³/mol. The second-order valence-corrected chi connectivity index (χ2v) is 6.06. The van der Waals surface area contributed by atoms with Crippen LogP contribution in [0.25, 0.3) is 0 Å². The van der Waals surface area contributed by atoms with Gasteiger partial charge in [0.25, 0.3) is 0 Å². The second kappa shape index (κ2) is 5.80. The van der Waals surface area contributed by atoms with Gasteiger partial charge in [0.15, 0.2) is 0 Å². The van der Waals surface area contributed by atoms with Gasteiger partial charge in [0.05, 0.1) is 0 Å². The van der Waals surface area contributed by atoms with Gasteiger partial charge in [-0.25, -0.2) is 13.1 Å². The van der Waals surface area contributed by atoms with Crippen LogP contribution in [0.3, 0.4) is 0 Å². The average Bonchev–Trinajstić information content (AvgIpc) is 2.73. The molecule has 1 aromatic heterocycles. The van der Waals surface area contributed by atoms with Gasteiger partial charge in [0.2, 0.25) is 10.0 Å². The Balaban J connectivity index is 2.67. The number of nitriles is 1. The Morgan fingerprint density at radius 1 is 1.56 bits per heavy atom. The highest BCUT2D eigenvalue weighted by atomic mass is 32.2. The molecule has 1 N–H and O–H groups in total. The van der Waals surface area contributed by atoms with Crippen LogP contribution in [0.2, 0.25) is 0 Å². The van der Waals surface area contributed by atoms with Crippen LogP contribution < -0.4 is 4.72 Å². The van der Waals surface area contributed by atoms with Gasteiger partial charge in [-0.05, 0) is 25.5 Å². The Bertz CT molecular complexity index is 509. The number of rotatable bonds is 5. The molecule has 0 aliphatic carbocycles. The van der Waals surface area contributed by atoms with E-state index in [0.717, 1.165) is 11.3 Å². The van der Waals surface area contributed by atoms with Crippen molar-refractivity contribution >= 4 is 21.4 Å². The zero-order chi connectivity index (χ0) is 12.0. The van der Waals surface area contributed by atoms with E-state index in [1.165, 1.54) is 12.1 Å². The molecule has 0 bridgehead atoms. The van der Waals surface area contributed by atoms with E-state index in [1.807, 2.05) is 25.1 Å². The highest BCUT2D eigenvalue weighted by molar-refractivity contribution is 7.91. The summed E-state index contributed by atoms with van der Waals surface area (Å²) in [5, 5.41) is 8.60. The van der Waals surface area contributed by atoms with Gasteiger partial charge in [-0.15, -0.1) is 11.3 Å². The lowest BCUT2D eigenvalue weighted by Crippen LogP contribution is -2.23. The van der Waals surface area contributed by atoms with Crippen molar-refractivity contribution in [1.29, 1.82) is 5.26 Å². The van der Waals surface area contributed by atoms with Crippen LogP contribution in [-0.2, 0) is 10.0 Å². The highest BCUT2D eigenvalue weighted by Gasteiger charge is 2.15. The standard InChI is InChI=1S/C10H12N2O2S2/c1-2-3-4-7-12-16(13,14)10-6-5-9(8-11)15-10/h2-3,5-6,12H,4,7H2,1H3/b3-2+. The minimum absolute atomic E-state index is 0.185. The van der Waals surface area contributed by atoms with Gasteiger partial charge in [-0.1, -0.05) is 12.2 Å². The molecular weight excluding hydrogens is 244 g/mol. The Kier molecular flexibility index (Phi) is 4.68. The molecule has 16 heavy (non-hydrogen) atoms. The van der Waals surface area contributed by atoms with Crippen molar-refractivity contribution in [3.05, 3.63) is 29.2 Å². The van der Waals surface area contributed by atoms with Gasteiger partial charge in [0, 0.05) is 6.54 Å². The lowest BCUT2D eigenvalue weighted by Gasteiger charge is -2.01. The van der Waals surface area contributed by atoms with Gasteiger partial charge < -0.3 is 0 Å². The number of sulfonamides is 1. The van der Waals surface area contributed by atoms with Gasteiger partial charge in [0.1, 0.15) is 15.2 Å². The normalized spacial score (nSPS) is 11.8. The monoisotopic (exact) mass is 256 g/mol. The second-order valence-electron chi connectivity index (χ2n) is 2.99. The van der Waals surface area contributed by atoms with Crippen molar-refractivity contribution in [2.45, 2.75) is 17.6 Å². The maximum absolute atomic E-state index is 11.7. The molecule has 0 aliphatic heterocycles. The molecule has 0 unspecified atom stereocenters. The number of hydrogen-bond donors (Lipinski definition) is 1. The lowest BCUT2D eigenvalue weighted by molar-refractivity contribution is 0.584. The van der Waals surface area contributed by atoms with E-state index >= 15 is 0 Å². The van der Waals surface area contributed by atoms with Crippen LogP contribution in [0.4, 0.5) is 0 Å². The summed E-state index contributed by atoms with van der Waals surface area (Å²) in [6.07, 6.45) is 4.41. The maximum atomic E-state index is 11.7. The molecule has 86 valence electrons. The molecule has 0 radical (unpaired) electrons. The minimum atomic E-state index is -3.45. The van der Waals surface area contributed by atoms with Crippen LogP contribution in [0.5, 0.6) is 0 Å². The van der Waals surface area contributed by atoms with Gasteiger partial charge in [-0.3, -0.25) is 0 Å². The summed E-state index contributed by atoms with van der Waals surface area (Å²) in [5.74, 6) is 0. The zero-order valence-corrected chi connectivity index (χ0v) is 10.4. The molecule has 0 atom stereocenters. The fourth-order valence-electron chi connectivity index (χ4n) is 1.04. The Labute approximate surface area is 99.3 Å². The number of nitrogens with zero attached hydrogens (tertiary/aromatic N) is 1. The summed E-state index contributed by atoms with van der Waals surface area (Å²) in [7, 11) is -3.45. The summed E-state index contributed by atoms with van der Waals surface area (Å²) in [5.41, 5.74) is 0. The van der Waals surface area contributed by atoms with Crippen LogP contribution in [-0.4, -0.2) is 15.0 Å². The largest absolute Gasteiger partial charge is 0.250 e. The third kappa shape index (κ3) is 3.45. The predicted octanol–water partition coefficient (Wildman–Crippen LogP) is 1.86. The Hall–Kier alpha value is -1.16.